The van der Waals surface area contributed by atoms with E-state index in [0.29, 0.717) is 11.4 Å². The van der Waals surface area contributed by atoms with Crippen molar-refractivity contribution in [2.75, 3.05) is 20.4 Å². The minimum atomic E-state index is -0.314. The number of amides is 1. The van der Waals surface area contributed by atoms with Gasteiger partial charge < -0.3 is 4.90 Å². The number of halogens is 1. The summed E-state index contributed by atoms with van der Waals surface area (Å²) in [7, 11) is 3.37. The Balaban J connectivity index is 2.13. The summed E-state index contributed by atoms with van der Waals surface area (Å²) in [4.78, 5) is 15.0. The predicted molar refractivity (Wildman–Crippen MR) is 98.8 cm³/mol. The molecule has 0 fully saturated rings. The van der Waals surface area contributed by atoms with Gasteiger partial charge in [0.15, 0.2) is 5.69 Å². The number of nitrogens with zero attached hydrogens (tertiary/aromatic N) is 3. The molecule has 3 rings (SSSR count). The third-order valence-electron chi connectivity index (χ3n) is 3.79. The van der Waals surface area contributed by atoms with Crippen molar-refractivity contribution in [3.63, 3.8) is 0 Å². The van der Waals surface area contributed by atoms with Gasteiger partial charge in [0.25, 0.3) is 5.91 Å². The highest BCUT2D eigenvalue weighted by atomic mass is 32.2. The van der Waals surface area contributed by atoms with Gasteiger partial charge in [-0.15, -0.1) is 11.8 Å². The van der Waals surface area contributed by atoms with Crippen molar-refractivity contribution in [1.29, 1.82) is 0 Å². The van der Waals surface area contributed by atoms with Crippen molar-refractivity contribution in [2.45, 2.75) is 4.90 Å². The summed E-state index contributed by atoms with van der Waals surface area (Å²) in [6.07, 6.45) is 2.02. The first-order valence-corrected chi connectivity index (χ1v) is 8.94. The first kappa shape index (κ1) is 17.2. The maximum absolute atomic E-state index is 13.3. The zero-order chi connectivity index (χ0) is 18.0. The number of carbonyl (C=O) groups excluding carboxylic acids is 1. The molecule has 1 heterocycles. The summed E-state index contributed by atoms with van der Waals surface area (Å²) in [5, 5.41) is 4.45. The van der Waals surface area contributed by atoms with Crippen LogP contribution >= 0.6 is 11.8 Å². The van der Waals surface area contributed by atoms with E-state index in [1.54, 1.807) is 48.7 Å². The molecular formula is C19H18FN3OS. The number of hydrogen-bond acceptors (Lipinski definition) is 3. The molecule has 1 amide bonds. The van der Waals surface area contributed by atoms with Crippen LogP contribution in [0.4, 0.5) is 4.39 Å². The number of aromatic nitrogens is 2. The van der Waals surface area contributed by atoms with Crippen LogP contribution in [0.3, 0.4) is 0 Å². The van der Waals surface area contributed by atoms with Crippen LogP contribution in [0, 0.1) is 5.82 Å². The Morgan fingerprint density at radius 2 is 1.72 bits per heavy atom. The van der Waals surface area contributed by atoms with E-state index in [4.69, 9.17) is 0 Å². The molecule has 0 N–H and O–H groups in total. The topological polar surface area (TPSA) is 38.1 Å². The van der Waals surface area contributed by atoms with Gasteiger partial charge >= 0.3 is 0 Å². The number of thioether (sulfide) groups is 1. The molecular weight excluding hydrogens is 337 g/mol. The van der Waals surface area contributed by atoms with Crippen LogP contribution < -0.4 is 0 Å². The van der Waals surface area contributed by atoms with Crippen molar-refractivity contribution < 1.29 is 9.18 Å². The van der Waals surface area contributed by atoms with Crippen LogP contribution in [0.15, 0.2) is 59.5 Å². The molecule has 2 aromatic carbocycles. The van der Waals surface area contributed by atoms with E-state index in [-0.39, 0.29) is 11.7 Å². The fourth-order valence-corrected chi connectivity index (χ4v) is 2.87. The summed E-state index contributed by atoms with van der Waals surface area (Å²) in [6.45, 7) is 0. The quantitative estimate of drug-likeness (QED) is 0.661. The normalized spacial score (nSPS) is 10.7. The minimum Gasteiger partial charge on any atom is -0.343 e. The second-order valence-corrected chi connectivity index (χ2v) is 6.61. The predicted octanol–water partition coefficient (Wildman–Crippen LogP) is 4.10. The van der Waals surface area contributed by atoms with Crippen molar-refractivity contribution in [1.82, 2.24) is 14.7 Å². The molecule has 0 atom stereocenters. The average Bonchev–Trinajstić information content (AvgIpc) is 3.07. The van der Waals surface area contributed by atoms with E-state index in [2.05, 4.69) is 5.10 Å². The first-order chi connectivity index (χ1) is 12.0. The largest absolute Gasteiger partial charge is 0.343 e. The molecule has 0 saturated heterocycles. The summed E-state index contributed by atoms with van der Waals surface area (Å²) in [6, 6.07) is 15.8. The van der Waals surface area contributed by atoms with E-state index >= 15 is 0 Å². The summed E-state index contributed by atoms with van der Waals surface area (Å²) < 4.78 is 14.9. The van der Waals surface area contributed by atoms with Crippen molar-refractivity contribution in [3.05, 3.63) is 66.1 Å². The highest BCUT2D eigenvalue weighted by Gasteiger charge is 2.18. The van der Waals surface area contributed by atoms with Crippen molar-refractivity contribution in [2.24, 2.45) is 0 Å². The molecule has 0 saturated carbocycles. The van der Waals surface area contributed by atoms with Gasteiger partial charge in [-0.25, -0.2) is 9.07 Å². The second-order valence-electron chi connectivity index (χ2n) is 5.73. The lowest BCUT2D eigenvalue weighted by molar-refractivity contribution is 0.0821. The third-order valence-corrected chi connectivity index (χ3v) is 4.54. The number of rotatable bonds is 4. The molecule has 25 heavy (non-hydrogen) atoms. The molecule has 0 radical (unpaired) electrons. The monoisotopic (exact) mass is 355 g/mol. The maximum atomic E-state index is 13.3. The highest BCUT2D eigenvalue weighted by Crippen LogP contribution is 2.26. The third kappa shape index (κ3) is 3.58. The van der Waals surface area contributed by atoms with Gasteiger partial charge in [0.05, 0.1) is 11.4 Å². The SMILES string of the molecule is CSc1ccc(-c2cc(C(=O)N(C)C)nn2-c2ccc(F)cc2)cc1. The summed E-state index contributed by atoms with van der Waals surface area (Å²) >= 11 is 1.66. The Bertz CT molecular complexity index is 886. The Hall–Kier alpha value is -2.60. The molecule has 6 heteroatoms. The minimum absolute atomic E-state index is 0.178. The number of benzene rings is 2. The van der Waals surface area contributed by atoms with Gasteiger partial charge in [0, 0.05) is 24.6 Å². The smallest absolute Gasteiger partial charge is 0.273 e. The fraction of sp³-hybridized carbons (Fsp3) is 0.158. The lowest BCUT2D eigenvalue weighted by atomic mass is 10.1. The van der Waals surface area contributed by atoms with Gasteiger partial charge in [-0.1, -0.05) is 12.1 Å². The van der Waals surface area contributed by atoms with Crippen LogP contribution in [0.1, 0.15) is 10.5 Å². The van der Waals surface area contributed by atoms with E-state index in [1.807, 2.05) is 30.5 Å². The van der Waals surface area contributed by atoms with E-state index < -0.39 is 0 Å². The summed E-state index contributed by atoms with van der Waals surface area (Å²) in [5.41, 5.74) is 2.76. The zero-order valence-corrected chi connectivity index (χ0v) is 15.0. The molecule has 128 valence electrons. The Morgan fingerprint density at radius 3 is 2.28 bits per heavy atom. The highest BCUT2D eigenvalue weighted by molar-refractivity contribution is 7.98. The molecule has 0 aliphatic heterocycles. The average molecular weight is 355 g/mol. The Labute approximate surface area is 150 Å². The van der Waals surface area contributed by atoms with E-state index in [9.17, 15) is 9.18 Å². The molecule has 4 nitrogen and oxygen atoms in total. The Kier molecular flexibility index (Phi) is 4.90. The zero-order valence-electron chi connectivity index (χ0n) is 14.2. The van der Waals surface area contributed by atoms with Crippen LogP contribution in [0.5, 0.6) is 0 Å². The van der Waals surface area contributed by atoms with Gasteiger partial charge in [-0.05, 0) is 48.7 Å². The lowest BCUT2D eigenvalue weighted by Gasteiger charge is -2.08. The van der Waals surface area contributed by atoms with Crippen molar-refractivity contribution >= 4 is 17.7 Å². The fourth-order valence-electron chi connectivity index (χ4n) is 2.46. The van der Waals surface area contributed by atoms with Gasteiger partial charge in [0.1, 0.15) is 5.82 Å². The molecule has 1 aromatic heterocycles. The Morgan fingerprint density at radius 1 is 1.08 bits per heavy atom. The maximum Gasteiger partial charge on any atom is 0.273 e. The molecule has 0 aliphatic rings. The second kappa shape index (κ2) is 7.11. The molecule has 0 aliphatic carbocycles. The first-order valence-electron chi connectivity index (χ1n) is 7.71. The van der Waals surface area contributed by atoms with Gasteiger partial charge in [0.2, 0.25) is 0 Å². The van der Waals surface area contributed by atoms with Crippen LogP contribution in [-0.2, 0) is 0 Å². The molecule has 3 aromatic rings. The number of hydrogen-bond donors (Lipinski definition) is 0. The van der Waals surface area contributed by atoms with E-state index in [1.165, 1.54) is 17.0 Å². The molecule has 0 bridgehead atoms. The van der Waals surface area contributed by atoms with Crippen LogP contribution in [0.25, 0.3) is 16.9 Å². The lowest BCUT2D eigenvalue weighted by Crippen LogP contribution is -2.22. The molecule has 0 spiro atoms. The summed E-state index contributed by atoms with van der Waals surface area (Å²) in [5.74, 6) is -0.491. The number of carbonyl (C=O) groups is 1. The van der Waals surface area contributed by atoms with E-state index in [0.717, 1.165) is 16.2 Å². The van der Waals surface area contributed by atoms with Crippen LogP contribution in [-0.4, -0.2) is 40.9 Å². The van der Waals surface area contributed by atoms with Gasteiger partial charge in [-0.2, -0.15) is 5.10 Å². The van der Waals surface area contributed by atoms with Crippen LogP contribution in [0.2, 0.25) is 0 Å². The standard InChI is InChI=1S/C19H18FN3OS/c1-22(2)19(24)17-12-18(13-4-10-16(25-3)11-5-13)23(21-17)15-8-6-14(20)7-9-15/h4-12H,1-3H3. The molecule has 0 unspecified atom stereocenters. The van der Waals surface area contributed by atoms with Crippen molar-refractivity contribution in [3.8, 4) is 16.9 Å². The van der Waals surface area contributed by atoms with Gasteiger partial charge in [-0.3, -0.25) is 4.79 Å².